The third-order valence-corrected chi connectivity index (χ3v) is 4.15. The van der Waals surface area contributed by atoms with E-state index in [0.29, 0.717) is 5.13 Å². The highest BCUT2D eigenvalue weighted by Crippen LogP contribution is 2.19. The molecule has 8 nitrogen and oxygen atoms in total. The average molecular weight is 349 g/mol. The maximum atomic E-state index is 11.2. The fourth-order valence-corrected chi connectivity index (χ4v) is 2.75. The van der Waals surface area contributed by atoms with E-state index in [1.54, 1.807) is 0 Å². The molecule has 0 atom stereocenters. The number of aryl methyl sites for hydroxylation is 2. The molecule has 0 saturated heterocycles. The van der Waals surface area contributed by atoms with Gasteiger partial charge in [-0.15, -0.1) is 11.3 Å². The van der Waals surface area contributed by atoms with Gasteiger partial charge in [0, 0.05) is 12.3 Å². The summed E-state index contributed by atoms with van der Waals surface area (Å²) in [6.45, 7) is 1.56. The molecule has 0 bridgehead atoms. The Balaban J connectivity index is 1.86. The van der Waals surface area contributed by atoms with Crippen molar-refractivity contribution in [2.75, 3.05) is 5.01 Å². The number of amides is 2. The normalized spacial score (nSPS) is 10.3. The minimum Gasteiger partial charge on any atom is -0.444 e. The third-order valence-electron chi connectivity index (χ3n) is 3.27. The van der Waals surface area contributed by atoms with Gasteiger partial charge >= 0.3 is 6.09 Å². The molecule has 0 aliphatic heterocycles. The van der Waals surface area contributed by atoms with E-state index < -0.39 is 6.09 Å². The Kier molecular flexibility index (Phi) is 6.24. The molecule has 0 radical (unpaired) electrons. The van der Waals surface area contributed by atoms with Crippen molar-refractivity contribution in [3.63, 3.8) is 0 Å². The lowest BCUT2D eigenvalue weighted by atomic mass is 10.1. The summed E-state index contributed by atoms with van der Waals surface area (Å²) < 4.78 is 4.86. The van der Waals surface area contributed by atoms with E-state index >= 15 is 0 Å². The summed E-state index contributed by atoms with van der Waals surface area (Å²) >= 11 is 1.34. The number of nitrogens with two attached hydrogens (primary N) is 2. The molecule has 0 aliphatic rings. The number of benzene rings is 1. The number of ether oxygens (including phenoxy) is 1. The predicted octanol–water partition coefficient (Wildman–Crippen LogP) is 1.25. The van der Waals surface area contributed by atoms with Gasteiger partial charge in [0.05, 0.1) is 5.69 Å². The molecule has 2 amide bonds. The van der Waals surface area contributed by atoms with Crippen LogP contribution in [0.2, 0.25) is 0 Å². The van der Waals surface area contributed by atoms with Gasteiger partial charge in [-0.25, -0.2) is 26.5 Å². The van der Waals surface area contributed by atoms with Crippen molar-refractivity contribution in [2.45, 2.75) is 26.4 Å². The van der Waals surface area contributed by atoms with Crippen LogP contribution in [-0.2, 0) is 29.0 Å². The molecular formula is C15H19N5O3S. The summed E-state index contributed by atoms with van der Waals surface area (Å²) in [6, 6.07) is 7.72. The number of rotatable bonds is 6. The molecule has 0 fully saturated rings. The van der Waals surface area contributed by atoms with Crippen LogP contribution in [-0.4, -0.2) is 17.0 Å². The monoisotopic (exact) mass is 349 g/mol. The number of hydrogen-bond acceptors (Lipinski definition) is 7. The largest absolute Gasteiger partial charge is 0.444 e. The number of nitrogens with zero attached hydrogens (tertiary/aromatic N) is 2. The van der Waals surface area contributed by atoms with Crippen LogP contribution in [0.3, 0.4) is 0 Å². The van der Waals surface area contributed by atoms with Crippen molar-refractivity contribution in [1.82, 2.24) is 10.4 Å². The van der Waals surface area contributed by atoms with Gasteiger partial charge in [-0.2, -0.15) is 0 Å². The number of hydrogen-bond donors (Lipinski definition) is 3. The van der Waals surface area contributed by atoms with Gasteiger partial charge in [0.15, 0.2) is 0 Å². The van der Waals surface area contributed by atoms with E-state index in [1.807, 2.05) is 35.1 Å². The fourth-order valence-electron chi connectivity index (χ4n) is 1.92. The van der Waals surface area contributed by atoms with E-state index in [1.165, 1.54) is 18.3 Å². The first-order chi connectivity index (χ1) is 11.5. The number of nitrogens with one attached hydrogen (secondary N) is 1. The van der Waals surface area contributed by atoms with Crippen LogP contribution in [0, 0.1) is 0 Å². The molecular weight excluding hydrogens is 330 g/mol. The SMILES string of the molecule is CC(=O)N(N)c1nc(CCc2ccc(COC(=O)NN)cc2)cs1. The quantitative estimate of drug-likeness (QED) is 0.410. The Hall–Kier alpha value is -2.49. The Morgan fingerprint density at radius 2 is 1.92 bits per heavy atom. The number of carbonyl (C=O) groups is 2. The molecule has 1 aromatic carbocycles. The lowest BCUT2D eigenvalue weighted by molar-refractivity contribution is -0.116. The molecule has 5 N–H and O–H groups in total. The van der Waals surface area contributed by atoms with Crippen LogP contribution in [0.15, 0.2) is 29.6 Å². The van der Waals surface area contributed by atoms with Crippen molar-refractivity contribution in [3.05, 3.63) is 46.5 Å². The molecule has 9 heteroatoms. The van der Waals surface area contributed by atoms with Gasteiger partial charge in [-0.1, -0.05) is 24.3 Å². The number of hydrazine groups is 2. The van der Waals surface area contributed by atoms with Crippen LogP contribution in [0.4, 0.5) is 9.93 Å². The predicted molar refractivity (Wildman–Crippen MR) is 90.8 cm³/mol. The van der Waals surface area contributed by atoms with Gasteiger partial charge in [0.2, 0.25) is 11.0 Å². The minimum atomic E-state index is -0.669. The molecule has 2 aromatic rings. The number of carbonyl (C=O) groups excluding carboxylic acids is 2. The van der Waals surface area contributed by atoms with Crippen molar-refractivity contribution < 1.29 is 14.3 Å². The summed E-state index contributed by atoms with van der Waals surface area (Å²) in [5, 5.41) is 3.43. The van der Waals surface area contributed by atoms with E-state index in [9.17, 15) is 9.59 Å². The standard InChI is InChI=1S/C15H19N5O3S/c1-10(21)20(17)14-18-13(9-24-14)7-6-11-2-4-12(5-3-11)8-23-15(22)19-16/h2-5,9H,6-8,16-17H2,1H3,(H,19,22). The van der Waals surface area contributed by atoms with Gasteiger partial charge in [0.25, 0.3) is 0 Å². The summed E-state index contributed by atoms with van der Waals surface area (Å²) in [7, 11) is 0. The lowest BCUT2D eigenvalue weighted by Crippen LogP contribution is -2.35. The second-order valence-electron chi connectivity index (χ2n) is 5.05. The molecule has 0 aliphatic carbocycles. The number of aromatic nitrogens is 1. The van der Waals surface area contributed by atoms with E-state index in [-0.39, 0.29) is 12.5 Å². The summed E-state index contributed by atoms with van der Waals surface area (Å²) in [5.41, 5.74) is 4.79. The zero-order chi connectivity index (χ0) is 17.5. The van der Waals surface area contributed by atoms with Crippen molar-refractivity contribution >= 4 is 28.5 Å². The van der Waals surface area contributed by atoms with Gasteiger partial charge in [-0.05, 0) is 24.0 Å². The van der Waals surface area contributed by atoms with Gasteiger partial charge < -0.3 is 4.74 Å². The maximum absolute atomic E-state index is 11.2. The lowest BCUT2D eigenvalue weighted by Gasteiger charge is -2.08. The second kappa shape index (κ2) is 8.39. The first kappa shape index (κ1) is 17.9. The fraction of sp³-hybridized carbons (Fsp3) is 0.267. The summed E-state index contributed by atoms with van der Waals surface area (Å²) in [6.07, 6.45) is 0.879. The summed E-state index contributed by atoms with van der Waals surface area (Å²) in [4.78, 5) is 26.5. The third kappa shape index (κ3) is 5.01. The molecule has 24 heavy (non-hydrogen) atoms. The van der Waals surface area contributed by atoms with Gasteiger partial charge in [0.1, 0.15) is 6.61 Å². The average Bonchev–Trinajstić information content (AvgIpc) is 3.06. The first-order valence-corrected chi connectivity index (χ1v) is 8.08. The molecule has 0 saturated carbocycles. The van der Waals surface area contributed by atoms with Crippen LogP contribution >= 0.6 is 11.3 Å². The van der Waals surface area contributed by atoms with Gasteiger partial charge in [-0.3, -0.25) is 10.2 Å². The topological polar surface area (TPSA) is 124 Å². The second-order valence-corrected chi connectivity index (χ2v) is 5.88. The smallest absolute Gasteiger partial charge is 0.421 e. The number of thiazole rings is 1. The van der Waals surface area contributed by atoms with E-state index in [4.69, 9.17) is 16.4 Å². The molecule has 128 valence electrons. The van der Waals surface area contributed by atoms with E-state index in [2.05, 4.69) is 4.98 Å². The Bertz CT molecular complexity index is 701. The first-order valence-electron chi connectivity index (χ1n) is 7.20. The van der Waals surface area contributed by atoms with Crippen molar-refractivity contribution in [1.29, 1.82) is 0 Å². The van der Waals surface area contributed by atoms with Crippen LogP contribution < -0.4 is 22.1 Å². The highest BCUT2D eigenvalue weighted by molar-refractivity contribution is 7.13. The van der Waals surface area contributed by atoms with Crippen LogP contribution in [0.5, 0.6) is 0 Å². The highest BCUT2D eigenvalue weighted by Gasteiger charge is 2.11. The zero-order valence-corrected chi connectivity index (χ0v) is 14.0. The molecule has 0 unspecified atom stereocenters. The molecule has 1 heterocycles. The van der Waals surface area contributed by atoms with Crippen LogP contribution in [0.1, 0.15) is 23.7 Å². The van der Waals surface area contributed by atoms with E-state index in [0.717, 1.165) is 34.7 Å². The summed E-state index contributed by atoms with van der Waals surface area (Å²) in [5.74, 6) is 10.3. The molecule has 2 rings (SSSR count). The Morgan fingerprint density at radius 1 is 1.25 bits per heavy atom. The Labute approximate surface area is 143 Å². The maximum Gasteiger partial charge on any atom is 0.421 e. The molecule has 1 aromatic heterocycles. The van der Waals surface area contributed by atoms with Crippen molar-refractivity contribution in [2.24, 2.45) is 11.7 Å². The molecule has 0 spiro atoms. The highest BCUT2D eigenvalue weighted by atomic mass is 32.1. The Morgan fingerprint density at radius 3 is 2.54 bits per heavy atom. The van der Waals surface area contributed by atoms with Crippen molar-refractivity contribution in [3.8, 4) is 0 Å². The number of anilines is 1. The zero-order valence-electron chi connectivity index (χ0n) is 13.2. The minimum absolute atomic E-state index is 0.163. The van der Waals surface area contributed by atoms with Crippen LogP contribution in [0.25, 0.3) is 0 Å².